The number of fused-ring (bicyclic) bond motifs is 1. The van der Waals surface area contributed by atoms with Crippen molar-refractivity contribution in [1.82, 2.24) is 0 Å². The Morgan fingerprint density at radius 1 is 1.25 bits per heavy atom. The van der Waals surface area contributed by atoms with Crippen LogP contribution in [0.1, 0.15) is 50.5 Å². The van der Waals surface area contributed by atoms with Gasteiger partial charge in [-0.25, -0.2) is 0 Å². The summed E-state index contributed by atoms with van der Waals surface area (Å²) in [4.78, 5) is 36.2. The second kappa shape index (κ2) is 7.53. The Bertz CT molecular complexity index is 812. The zero-order chi connectivity index (χ0) is 19.7. The van der Waals surface area contributed by atoms with Crippen molar-refractivity contribution < 1.29 is 19.1 Å². The third-order valence-corrected chi connectivity index (χ3v) is 6.61. The maximum absolute atomic E-state index is 12.4. The second-order valence-electron chi connectivity index (χ2n) is 8.60. The molecule has 0 bridgehead atoms. The van der Waals surface area contributed by atoms with Gasteiger partial charge in [-0.3, -0.25) is 14.4 Å². The smallest absolute Gasteiger partial charge is 0.313 e. The van der Waals surface area contributed by atoms with Crippen LogP contribution >= 0.6 is 0 Å². The van der Waals surface area contributed by atoms with Crippen LogP contribution in [0.3, 0.4) is 0 Å². The molecule has 4 rings (SSSR count). The number of amides is 1. The maximum atomic E-state index is 12.4. The fourth-order valence-electron chi connectivity index (χ4n) is 5.05. The third kappa shape index (κ3) is 3.62. The maximum Gasteiger partial charge on any atom is 0.313 e. The van der Waals surface area contributed by atoms with Crippen molar-refractivity contribution in [2.24, 2.45) is 17.3 Å². The largest absolute Gasteiger partial charge is 0.465 e. The molecule has 1 saturated heterocycles. The lowest BCUT2D eigenvalue weighted by atomic mass is 9.75. The molecule has 1 aliphatic heterocycles. The molecular formula is C23H27NO4. The zero-order valence-corrected chi connectivity index (χ0v) is 16.2. The first-order valence-electron chi connectivity index (χ1n) is 10.2. The first-order chi connectivity index (χ1) is 13.5. The van der Waals surface area contributed by atoms with Gasteiger partial charge in [0.1, 0.15) is 5.78 Å². The van der Waals surface area contributed by atoms with Crippen molar-refractivity contribution >= 4 is 23.3 Å². The van der Waals surface area contributed by atoms with E-state index in [0.29, 0.717) is 44.5 Å². The fraction of sp³-hybridized carbons (Fsp3) is 0.522. The van der Waals surface area contributed by atoms with Crippen LogP contribution in [0.5, 0.6) is 0 Å². The molecule has 1 aromatic rings. The summed E-state index contributed by atoms with van der Waals surface area (Å²) in [7, 11) is 0. The van der Waals surface area contributed by atoms with Crippen molar-refractivity contribution in [1.29, 1.82) is 0 Å². The van der Waals surface area contributed by atoms with Gasteiger partial charge in [-0.2, -0.15) is 0 Å². The number of cyclic esters (lactones) is 1. The van der Waals surface area contributed by atoms with Gasteiger partial charge in [-0.05, 0) is 56.2 Å². The molecule has 5 nitrogen and oxygen atoms in total. The number of anilines is 1. The Kier molecular flexibility index (Phi) is 5.09. The lowest BCUT2D eigenvalue weighted by Crippen LogP contribution is -2.31. The van der Waals surface area contributed by atoms with Gasteiger partial charge < -0.3 is 10.1 Å². The van der Waals surface area contributed by atoms with E-state index in [1.54, 1.807) is 0 Å². The fourth-order valence-corrected chi connectivity index (χ4v) is 5.05. The highest BCUT2D eigenvalue weighted by atomic mass is 16.5. The van der Waals surface area contributed by atoms with Crippen LogP contribution in [-0.4, -0.2) is 24.3 Å². The van der Waals surface area contributed by atoms with E-state index < -0.39 is 5.41 Å². The van der Waals surface area contributed by atoms with E-state index in [0.717, 1.165) is 36.1 Å². The molecule has 0 radical (unpaired) electrons. The Morgan fingerprint density at radius 3 is 2.75 bits per heavy atom. The molecular weight excluding hydrogens is 354 g/mol. The number of benzene rings is 1. The van der Waals surface area contributed by atoms with E-state index in [4.69, 9.17) is 4.74 Å². The van der Waals surface area contributed by atoms with Crippen molar-refractivity contribution in [2.45, 2.75) is 51.4 Å². The van der Waals surface area contributed by atoms with E-state index in [2.05, 4.69) is 11.9 Å². The predicted molar refractivity (Wildman–Crippen MR) is 106 cm³/mol. The molecule has 3 unspecified atom stereocenters. The Balaban J connectivity index is 1.34. The Labute approximate surface area is 165 Å². The normalized spacial score (nSPS) is 29.1. The molecule has 1 heterocycles. The molecule has 1 amide bonds. The summed E-state index contributed by atoms with van der Waals surface area (Å²) in [5, 5.41) is 2.91. The van der Waals surface area contributed by atoms with Crippen molar-refractivity contribution in [2.75, 3.05) is 11.9 Å². The number of esters is 1. The summed E-state index contributed by atoms with van der Waals surface area (Å²) in [5.41, 5.74) is 2.47. The average Bonchev–Trinajstić information content (AvgIpc) is 3.30. The second-order valence-corrected chi connectivity index (χ2v) is 8.60. The monoisotopic (exact) mass is 381 g/mol. The molecule has 28 heavy (non-hydrogen) atoms. The molecule has 1 N–H and O–H groups in total. The molecule has 148 valence electrons. The minimum Gasteiger partial charge on any atom is -0.465 e. The van der Waals surface area contributed by atoms with Gasteiger partial charge in [0.2, 0.25) is 5.91 Å². The molecule has 5 heteroatoms. The highest BCUT2D eigenvalue weighted by Crippen LogP contribution is 2.52. The molecule has 3 fully saturated rings. The van der Waals surface area contributed by atoms with Crippen LogP contribution in [0.25, 0.3) is 0 Å². The van der Waals surface area contributed by atoms with Gasteiger partial charge in [0.15, 0.2) is 0 Å². The minimum absolute atomic E-state index is 0.0578. The Hall–Kier alpha value is -2.43. The molecule has 0 aromatic heterocycles. The van der Waals surface area contributed by atoms with Crippen molar-refractivity contribution in [3.05, 3.63) is 42.0 Å². The number of ether oxygens (including phenoxy) is 1. The van der Waals surface area contributed by atoms with Crippen molar-refractivity contribution in [3.8, 4) is 0 Å². The molecule has 0 spiro atoms. The lowest BCUT2D eigenvalue weighted by molar-refractivity contribution is -0.146. The molecule has 2 saturated carbocycles. The van der Waals surface area contributed by atoms with Crippen LogP contribution in [0, 0.1) is 17.3 Å². The highest BCUT2D eigenvalue weighted by molar-refractivity contribution is 5.91. The lowest BCUT2D eigenvalue weighted by Gasteiger charge is -2.24. The number of ketones is 1. The number of hydrogen-bond acceptors (Lipinski definition) is 4. The highest BCUT2D eigenvalue weighted by Gasteiger charge is 2.55. The van der Waals surface area contributed by atoms with E-state index in [9.17, 15) is 14.4 Å². The SMILES string of the molecule is C=C1CC2COC(=O)C2(Cc2ccc(NC(=O)CCC3CCCC3=O)cc2)C1. The number of nitrogens with one attached hydrogen (secondary N) is 1. The van der Waals surface area contributed by atoms with Gasteiger partial charge in [-0.15, -0.1) is 0 Å². The van der Waals surface area contributed by atoms with E-state index >= 15 is 0 Å². The number of carbonyl (C=O) groups is 3. The van der Waals surface area contributed by atoms with Gasteiger partial charge in [0.25, 0.3) is 0 Å². The van der Waals surface area contributed by atoms with E-state index in [1.807, 2.05) is 24.3 Å². The summed E-state index contributed by atoms with van der Waals surface area (Å²) < 4.78 is 5.34. The molecule has 2 aliphatic carbocycles. The van der Waals surface area contributed by atoms with Gasteiger partial charge in [0.05, 0.1) is 12.0 Å². The first-order valence-corrected chi connectivity index (χ1v) is 10.2. The van der Waals surface area contributed by atoms with Crippen molar-refractivity contribution in [3.63, 3.8) is 0 Å². The molecule has 3 aliphatic rings. The third-order valence-electron chi connectivity index (χ3n) is 6.61. The molecule has 1 aromatic carbocycles. The topological polar surface area (TPSA) is 72.5 Å². The summed E-state index contributed by atoms with van der Waals surface area (Å²) in [6.45, 7) is 4.57. The quantitative estimate of drug-likeness (QED) is 0.600. The standard InChI is InChI=1S/C23H27NO4/c1-15-11-18-14-28-22(27)23(18,12-15)13-16-5-8-19(9-6-16)24-21(26)10-7-17-3-2-4-20(17)25/h5-6,8-9,17-18H,1-4,7,10-14H2,(H,24,26). The zero-order valence-electron chi connectivity index (χ0n) is 16.2. The Morgan fingerprint density at radius 2 is 2.04 bits per heavy atom. The number of rotatable bonds is 6. The van der Waals surface area contributed by atoms with E-state index in [1.165, 1.54) is 0 Å². The minimum atomic E-state index is -0.463. The van der Waals surface area contributed by atoms with Crippen LogP contribution in [0.4, 0.5) is 5.69 Å². The first kappa shape index (κ1) is 18.9. The van der Waals surface area contributed by atoms with Crippen LogP contribution in [-0.2, 0) is 25.5 Å². The number of carbonyl (C=O) groups excluding carboxylic acids is 3. The predicted octanol–water partition coefficient (Wildman–Crippen LogP) is 3.83. The van der Waals surface area contributed by atoms with Gasteiger partial charge in [0, 0.05) is 30.4 Å². The molecule has 3 atom stereocenters. The van der Waals surface area contributed by atoms with E-state index in [-0.39, 0.29) is 23.7 Å². The summed E-state index contributed by atoms with van der Waals surface area (Å²) in [6, 6.07) is 7.69. The van der Waals surface area contributed by atoms with Crippen LogP contribution in [0.2, 0.25) is 0 Å². The number of hydrogen-bond donors (Lipinski definition) is 1. The average molecular weight is 381 g/mol. The van der Waals surface area contributed by atoms with Gasteiger partial charge in [-0.1, -0.05) is 24.3 Å². The number of Topliss-reactive ketones (excluding diaryl/α,β-unsaturated/α-hetero) is 1. The van der Waals surface area contributed by atoms with Crippen LogP contribution < -0.4 is 5.32 Å². The summed E-state index contributed by atoms with van der Waals surface area (Å²) in [6.07, 6.45) is 5.76. The van der Waals surface area contributed by atoms with Gasteiger partial charge >= 0.3 is 5.97 Å². The summed E-state index contributed by atoms with van der Waals surface area (Å²) >= 11 is 0. The van der Waals surface area contributed by atoms with Crippen LogP contribution in [0.15, 0.2) is 36.4 Å². The number of allylic oxidation sites excluding steroid dienone is 1. The summed E-state index contributed by atoms with van der Waals surface area (Å²) in [5.74, 6) is 0.431.